The summed E-state index contributed by atoms with van der Waals surface area (Å²) < 4.78 is 0. The van der Waals surface area contributed by atoms with E-state index < -0.39 is 0 Å². The van der Waals surface area contributed by atoms with Gasteiger partial charge < -0.3 is 5.32 Å². The van der Waals surface area contributed by atoms with Crippen LogP contribution in [0.4, 0.5) is 0 Å². The molecule has 0 radical (unpaired) electrons. The van der Waals surface area contributed by atoms with Gasteiger partial charge in [-0.15, -0.1) is 0 Å². The Morgan fingerprint density at radius 1 is 1.26 bits per heavy atom. The lowest BCUT2D eigenvalue weighted by atomic mass is 10.0. The lowest BCUT2D eigenvalue weighted by Gasteiger charge is -2.20. The van der Waals surface area contributed by atoms with E-state index in [0.29, 0.717) is 12.1 Å². The highest BCUT2D eigenvalue weighted by Gasteiger charge is 2.24. The molecular formula is C17H20N2. The molecule has 1 N–H and O–H groups in total. The third kappa shape index (κ3) is 2.54. The predicted molar refractivity (Wildman–Crippen MR) is 78.0 cm³/mol. The van der Waals surface area contributed by atoms with Gasteiger partial charge in [-0.05, 0) is 43.9 Å². The van der Waals surface area contributed by atoms with Gasteiger partial charge in [-0.25, -0.2) is 0 Å². The zero-order chi connectivity index (χ0) is 13.2. The predicted octanol–water partition coefficient (Wildman–Crippen LogP) is 3.73. The van der Waals surface area contributed by atoms with Gasteiger partial charge >= 0.3 is 0 Å². The molecule has 2 heteroatoms. The van der Waals surface area contributed by atoms with E-state index in [1.54, 1.807) is 0 Å². The minimum absolute atomic E-state index is 0.359. The van der Waals surface area contributed by atoms with Crippen molar-refractivity contribution < 1.29 is 0 Å². The first-order chi connectivity index (χ1) is 9.24. The lowest BCUT2D eigenvalue weighted by molar-refractivity contribution is 0.458. The Balaban J connectivity index is 1.76. The van der Waals surface area contributed by atoms with Crippen LogP contribution in [-0.2, 0) is 6.42 Å². The Bertz CT molecular complexity index is 577. The number of hydrogen-bond donors (Lipinski definition) is 1. The van der Waals surface area contributed by atoms with Crippen LogP contribution in [0.3, 0.4) is 0 Å². The number of pyridine rings is 1. The van der Waals surface area contributed by atoms with E-state index in [1.807, 2.05) is 12.3 Å². The molecule has 0 fully saturated rings. The van der Waals surface area contributed by atoms with E-state index in [4.69, 9.17) is 0 Å². The molecule has 3 rings (SSSR count). The molecule has 2 atom stereocenters. The van der Waals surface area contributed by atoms with Crippen LogP contribution in [0.1, 0.15) is 47.8 Å². The van der Waals surface area contributed by atoms with Crippen LogP contribution in [0.15, 0.2) is 42.6 Å². The lowest BCUT2D eigenvalue weighted by Crippen LogP contribution is -2.23. The monoisotopic (exact) mass is 252 g/mol. The van der Waals surface area contributed by atoms with E-state index in [-0.39, 0.29) is 0 Å². The van der Waals surface area contributed by atoms with Gasteiger partial charge in [0.15, 0.2) is 0 Å². The summed E-state index contributed by atoms with van der Waals surface area (Å²) in [5, 5.41) is 3.72. The van der Waals surface area contributed by atoms with Crippen LogP contribution in [-0.4, -0.2) is 4.98 Å². The van der Waals surface area contributed by atoms with Gasteiger partial charge in [0, 0.05) is 12.2 Å². The van der Waals surface area contributed by atoms with Gasteiger partial charge in [0.05, 0.1) is 11.7 Å². The average molecular weight is 252 g/mol. The Morgan fingerprint density at radius 2 is 2.16 bits per heavy atom. The first kappa shape index (κ1) is 12.4. The van der Waals surface area contributed by atoms with Crippen molar-refractivity contribution in [3.8, 4) is 0 Å². The molecule has 0 spiro atoms. The maximum atomic E-state index is 4.54. The minimum Gasteiger partial charge on any atom is -0.302 e. The average Bonchev–Trinajstić information content (AvgIpc) is 2.82. The number of rotatable bonds is 3. The Labute approximate surface area is 114 Å². The quantitative estimate of drug-likeness (QED) is 0.900. The van der Waals surface area contributed by atoms with Crippen molar-refractivity contribution >= 4 is 0 Å². The standard InChI is InChI=1S/C17H20N2/c1-12-5-3-6-15(11-12)13(2)19-16-9-8-14-7-4-10-18-17(14)16/h3-7,10-11,13,16,19H,8-9H2,1-2H3/t13-,16?/m1/s1. The molecule has 0 saturated carbocycles. The molecule has 1 heterocycles. The Kier molecular flexibility index (Phi) is 3.34. The fourth-order valence-corrected chi connectivity index (χ4v) is 2.91. The van der Waals surface area contributed by atoms with Gasteiger partial charge in [-0.3, -0.25) is 4.98 Å². The molecule has 1 aliphatic carbocycles. The van der Waals surface area contributed by atoms with E-state index in [1.165, 1.54) is 22.4 Å². The largest absolute Gasteiger partial charge is 0.302 e. The number of nitrogens with zero attached hydrogens (tertiary/aromatic N) is 1. The van der Waals surface area contributed by atoms with Crippen LogP contribution >= 0.6 is 0 Å². The zero-order valence-corrected chi connectivity index (χ0v) is 11.6. The van der Waals surface area contributed by atoms with Gasteiger partial charge in [-0.1, -0.05) is 35.9 Å². The van der Waals surface area contributed by atoms with Crippen LogP contribution in [0, 0.1) is 6.92 Å². The van der Waals surface area contributed by atoms with E-state index in [9.17, 15) is 0 Å². The summed E-state index contributed by atoms with van der Waals surface area (Å²) in [6, 6.07) is 13.7. The molecule has 1 aliphatic rings. The molecule has 1 aromatic carbocycles. The van der Waals surface area contributed by atoms with Crippen LogP contribution in [0.25, 0.3) is 0 Å². The van der Waals surface area contributed by atoms with Crippen molar-refractivity contribution in [3.05, 3.63) is 65.0 Å². The number of benzene rings is 1. The van der Waals surface area contributed by atoms with E-state index in [2.05, 4.69) is 54.5 Å². The fourth-order valence-electron chi connectivity index (χ4n) is 2.91. The number of fused-ring (bicyclic) bond motifs is 1. The fraction of sp³-hybridized carbons (Fsp3) is 0.353. The highest BCUT2D eigenvalue weighted by molar-refractivity contribution is 5.29. The van der Waals surface area contributed by atoms with Crippen molar-refractivity contribution in [2.45, 2.75) is 38.8 Å². The van der Waals surface area contributed by atoms with Crippen molar-refractivity contribution in [2.24, 2.45) is 0 Å². The molecule has 19 heavy (non-hydrogen) atoms. The highest BCUT2D eigenvalue weighted by atomic mass is 15.0. The van der Waals surface area contributed by atoms with Crippen molar-refractivity contribution in [1.82, 2.24) is 10.3 Å². The molecular weight excluding hydrogens is 232 g/mol. The minimum atomic E-state index is 0.359. The second kappa shape index (κ2) is 5.14. The summed E-state index contributed by atoms with van der Waals surface area (Å²) in [5.74, 6) is 0. The summed E-state index contributed by atoms with van der Waals surface area (Å²) in [6.45, 7) is 4.37. The molecule has 1 unspecified atom stereocenters. The number of aryl methyl sites for hydroxylation is 2. The van der Waals surface area contributed by atoms with Crippen molar-refractivity contribution in [1.29, 1.82) is 0 Å². The molecule has 2 nitrogen and oxygen atoms in total. The highest BCUT2D eigenvalue weighted by Crippen LogP contribution is 2.31. The second-order valence-corrected chi connectivity index (χ2v) is 5.44. The zero-order valence-electron chi connectivity index (χ0n) is 11.6. The molecule has 0 aliphatic heterocycles. The first-order valence-electron chi connectivity index (χ1n) is 7.00. The molecule has 0 bridgehead atoms. The molecule has 0 amide bonds. The smallest absolute Gasteiger partial charge is 0.0605 e. The summed E-state index contributed by atoms with van der Waals surface area (Å²) in [7, 11) is 0. The number of nitrogens with one attached hydrogen (secondary N) is 1. The molecule has 98 valence electrons. The third-order valence-corrected chi connectivity index (χ3v) is 3.95. The van der Waals surface area contributed by atoms with E-state index >= 15 is 0 Å². The third-order valence-electron chi connectivity index (χ3n) is 3.95. The van der Waals surface area contributed by atoms with Gasteiger partial charge in [0.2, 0.25) is 0 Å². The topological polar surface area (TPSA) is 24.9 Å². The van der Waals surface area contributed by atoms with Crippen LogP contribution in [0.2, 0.25) is 0 Å². The van der Waals surface area contributed by atoms with Crippen molar-refractivity contribution in [2.75, 3.05) is 0 Å². The van der Waals surface area contributed by atoms with Crippen LogP contribution in [0.5, 0.6) is 0 Å². The maximum Gasteiger partial charge on any atom is 0.0605 e. The molecule has 2 aromatic rings. The Morgan fingerprint density at radius 3 is 3.00 bits per heavy atom. The summed E-state index contributed by atoms with van der Waals surface area (Å²) in [6.07, 6.45) is 4.19. The normalized spacial score (nSPS) is 19.2. The summed E-state index contributed by atoms with van der Waals surface area (Å²) in [4.78, 5) is 4.54. The molecule has 1 aromatic heterocycles. The van der Waals surface area contributed by atoms with Crippen molar-refractivity contribution in [3.63, 3.8) is 0 Å². The maximum absolute atomic E-state index is 4.54. The SMILES string of the molecule is Cc1cccc([C@@H](C)NC2CCc3cccnc32)c1. The second-order valence-electron chi connectivity index (χ2n) is 5.44. The summed E-state index contributed by atoms with van der Waals surface area (Å²) in [5.41, 5.74) is 5.30. The molecule has 0 saturated heterocycles. The van der Waals surface area contributed by atoms with Crippen LogP contribution < -0.4 is 5.32 Å². The van der Waals surface area contributed by atoms with Gasteiger partial charge in [0.25, 0.3) is 0 Å². The number of aromatic nitrogens is 1. The van der Waals surface area contributed by atoms with Gasteiger partial charge in [0.1, 0.15) is 0 Å². The number of hydrogen-bond acceptors (Lipinski definition) is 2. The summed E-state index contributed by atoms with van der Waals surface area (Å²) >= 11 is 0. The Hall–Kier alpha value is -1.67. The van der Waals surface area contributed by atoms with E-state index in [0.717, 1.165) is 12.8 Å². The van der Waals surface area contributed by atoms with Gasteiger partial charge in [-0.2, -0.15) is 0 Å². The first-order valence-corrected chi connectivity index (χ1v) is 7.00.